The van der Waals surface area contributed by atoms with Crippen LogP contribution >= 0.6 is 0 Å². The van der Waals surface area contributed by atoms with E-state index in [9.17, 15) is 14.7 Å². The summed E-state index contributed by atoms with van der Waals surface area (Å²) in [6, 6.07) is 14.7. The van der Waals surface area contributed by atoms with E-state index in [2.05, 4.69) is 41.3 Å². The maximum absolute atomic E-state index is 13.8. The van der Waals surface area contributed by atoms with Gasteiger partial charge in [0.15, 0.2) is 0 Å². The topological polar surface area (TPSA) is 117 Å². The first-order valence-electron chi connectivity index (χ1n) is 13.4. The smallest absolute Gasteiger partial charge is 0.245 e. The minimum atomic E-state index is -1.07. The van der Waals surface area contributed by atoms with E-state index in [1.807, 2.05) is 36.4 Å². The van der Waals surface area contributed by atoms with Gasteiger partial charge in [-0.05, 0) is 42.2 Å². The Bertz CT molecular complexity index is 1220. The molecule has 0 aliphatic carbocycles. The van der Waals surface area contributed by atoms with Gasteiger partial charge in [0.1, 0.15) is 23.5 Å². The van der Waals surface area contributed by atoms with Crippen LogP contribution in [0.4, 0.5) is 0 Å². The first kappa shape index (κ1) is 28.3. The third kappa shape index (κ3) is 6.85. The number of aliphatic hydroxyl groups is 1. The van der Waals surface area contributed by atoms with E-state index < -0.39 is 23.7 Å². The summed E-state index contributed by atoms with van der Waals surface area (Å²) < 4.78 is 11.7. The van der Waals surface area contributed by atoms with Crippen LogP contribution in [0.25, 0.3) is 0 Å². The van der Waals surface area contributed by atoms with Gasteiger partial charge in [-0.25, -0.2) is 4.98 Å². The highest BCUT2D eigenvalue weighted by atomic mass is 16.5. The number of aryl methyl sites for hydroxylation is 1. The molecular formula is C30H38N4O5. The summed E-state index contributed by atoms with van der Waals surface area (Å²) in [5.74, 6) is 0.0988. The number of ether oxygens (including phenoxy) is 2. The molecule has 2 unspecified atom stereocenters. The molecule has 1 aromatic heterocycles. The zero-order valence-electron chi connectivity index (χ0n) is 22.9. The molecule has 3 N–H and O–H groups in total. The molecule has 2 aromatic carbocycles. The molecule has 2 heterocycles. The number of hydrogen-bond donors (Lipinski definition) is 3. The standard InChI is InChI=1S/C30H38N4O5/c1-4-5-14-39-30(24-9-7-6-8-21(24)2)18-34(19-30)29(37)25(15-22-10-12-23(38-3)13-11-22)33-28(36)16-27(35)26-17-31-20-32-26/h6-13,17,20,25,27,35H,4-5,14-16,18-19H2,1-3H3,(H,31,32)(H,33,36). The van der Waals surface area contributed by atoms with Gasteiger partial charge < -0.3 is 29.8 Å². The number of aliphatic hydroxyl groups excluding tert-OH is 1. The summed E-state index contributed by atoms with van der Waals surface area (Å²) in [7, 11) is 1.60. The number of benzene rings is 2. The largest absolute Gasteiger partial charge is 0.497 e. The van der Waals surface area contributed by atoms with Crippen molar-refractivity contribution >= 4 is 11.8 Å². The van der Waals surface area contributed by atoms with Gasteiger partial charge in [-0.1, -0.05) is 49.7 Å². The second-order valence-corrected chi connectivity index (χ2v) is 10.1. The lowest BCUT2D eigenvalue weighted by molar-refractivity contribution is -0.175. The van der Waals surface area contributed by atoms with Crippen LogP contribution in [0.1, 0.15) is 54.7 Å². The number of rotatable bonds is 13. The summed E-state index contributed by atoms with van der Waals surface area (Å²) in [4.78, 5) is 35.2. The Morgan fingerprint density at radius 2 is 1.92 bits per heavy atom. The van der Waals surface area contributed by atoms with Gasteiger partial charge in [-0.3, -0.25) is 9.59 Å². The quantitative estimate of drug-likeness (QED) is 0.289. The number of carbonyl (C=O) groups is 2. The van der Waals surface area contributed by atoms with Crippen molar-refractivity contribution in [2.75, 3.05) is 26.8 Å². The van der Waals surface area contributed by atoms with Crippen LogP contribution in [0.3, 0.4) is 0 Å². The summed E-state index contributed by atoms with van der Waals surface area (Å²) >= 11 is 0. The van der Waals surface area contributed by atoms with Crippen molar-refractivity contribution in [3.63, 3.8) is 0 Å². The van der Waals surface area contributed by atoms with Gasteiger partial charge in [0.25, 0.3) is 0 Å². The monoisotopic (exact) mass is 534 g/mol. The van der Waals surface area contributed by atoms with Crippen molar-refractivity contribution in [2.45, 2.75) is 57.3 Å². The van der Waals surface area contributed by atoms with Crippen molar-refractivity contribution in [2.24, 2.45) is 0 Å². The molecule has 1 saturated heterocycles. The molecule has 39 heavy (non-hydrogen) atoms. The minimum absolute atomic E-state index is 0.184. The summed E-state index contributed by atoms with van der Waals surface area (Å²) in [6.45, 7) is 5.61. The van der Waals surface area contributed by atoms with Crippen molar-refractivity contribution in [3.05, 3.63) is 83.4 Å². The van der Waals surface area contributed by atoms with Gasteiger partial charge in [-0.2, -0.15) is 0 Å². The van der Waals surface area contributed by atoms with E-state index in [1.165, 1.54) is 6.33 Å². The number of imidazole rings is 1. The highest BCUT2D eigenvalue weighted by Crippen LogP contribution is 2.38. The number of H-pyrrole nitrogens is 1. The van der Waals surface area contributed by atoms with E-state index in [0.29, 0.717) is 37.6 Å². The molecular weight excluding hydrogens is 496 g/mol. The molecule has 2 atom stereocenters. The van der Waals surface area contributed by atoms with Crippen LogP contribution in [-0.2, 0) is 26.3 Å². The average Bonchev–Trinajstić information content (AvgIpc) is 3.46. The third-order valence-electron chi connectivity index (χ3n) is 7.19. The number of nitrogens with one attached hydrogen (secondary N) is 2. The second kappa shape index (κ2) is 12.9. The Balaban J connectivity index is 1.50. The van der Waals surface area contributed by atoms with Gasteiger partial charge in [-0.15, -0.1) is 0 Å². The van der Waals surface area contributed by atoms with Crippen molar-refractivity contribution < 1.29 is 24.2 Å². The summed E-state index contributed by atoms with van der Waals surface area (Å²) in [5, 5.41) is 13.3. The molecule has 0 bridgehead atoms. The fourth-order valence-electron chi connectivity index (χ4n) is 4.97. The maximum atomic E-state index is 13.8. The molecule has 0 saturated carbocycles. The second-order valence-electron chi connectivity index (χ2n) is 10.1. The van der Waals surface area contributed by atoms with Gasteiger partial charge in [0.2, 0.25) is 11.8 Å². The van der Waals surface area contributed by atoms with Gasteiger partial charge in [0.05, 0.1) is 38.6 Å². The highest BCUT2D eigenvalue weighted by molar-refractivity contribution is 5.89. The lowest BCUT2D eigenvalue weighted by Gasteiger charge is -2.51. The Labute approximate surface area is 229 Å². The number of amides is 2. The number of carbonyl (C=O) groups excluding carboxylic acids is 2. The van der Waals surface area contributed by atoms with E-state index in [4.69, 9.17) is 9.47 Å². The number of hydrogen-bond acceptors (Lipinski definition) is 6. The summed E-state index contributed by atoms with van der Waals surface area (Å²) in [6.07, 6.45) is 3.98. The molecule has 1 aliphatic rings. The number of aromatic nitrogens is 2. The predicted molar refractivity (Wildman–Crippen MR) is 147 cm³/mol. The molecule has 0 radical (unpaired) electrons. The van der Waals surface area contributed by atoms with Crippen LogP contribution in [0.15, 0.2) is 61.1 Å². The van der Waals surface area contributed by atoms with Gasteiger partial charge in [0, 0.05) is 19.2 Å². The Hall–Kier alpha value is -3.69. The SMILES string of the molecule is CCCCOC1(c2ccccc2C)CN(C(=O)C(Cc2ccc(OC)cc2)NC(=O)CC(O)c2c[nH]cn2)C1. The fraction of sp³-hybridized carbons (Fsp3) is 0.433. The molecule has 0 spiro atoms. The zero-order chi connectivity index (χ0) is 27.8. The maximum Gasteiger partial charge on any atom is 0.245 e. The number of likely N-dealkylation sites (tertiary alicyclic amines) is 1. The first-order chi connectivity index (χ1) is 18.8. The first-order valence-corrected chi connectivity index (χ1v) is 13.4. The van der Waals surface area contributed by atoms with Crippen LogP contribution < -0.4 is 10.1 Å². The predicted octanol–water partition coefficient (Wildman–Crippen LogP) is 3.43. The van der Waals surface area contributed by atoms with E-state index in [1.54, 1.807) is 18.2 Å². The highest BCUT2D eigenvalue weighted by Gasteiger charge is 2.49. The Morgan fingerprint density at radius 1 is 1.18 bits per heavy atom. The average molecular weight is 535 g/mol. The lowest BCUT2D eigenvalue weighted by Crippen LogP contribution is -2.66. The lowest BCUT2D eigenvalue weighted by atomic mass is 9.82. The Morgan fingerprint density at radius 3 is 2.56 bits per heavy atom. The van der Waals surface area contributed by atoms with Crippen LogP contribution in [0.5, 0.6) is 5.75 Å². The normalized spacial score (nSPS) is 15.7. The number of aromatic amines is 1. The van der Waals surface area contributed by atoms with Crippen LogP contribution in [0, 0.1) is 6.92 Å². The van der Waals surface area contributed by atoms with Crippen LogP contribution in [-0.4, -0.2) is 64.6 Å². The van der Waals surface area contributed by atoms with Crippen LogP contribution in [0.2, 0.25) is 0 Å². The molecule has 208 valence electrons. The van der Waals surface area contributed by atoms with Crippen molar-refractivity contribution in [1.29, 1.82) is 0 Å². The minimum Gasteiger partial charge on any atom is -0.497 e. The number of methoxy groups -OCH3 is 1. The Kier molecular flexibility index (Phi) is 9.37. The van der Waals surface area contributed by atoms with Crippen molar-refractivity contribution in [3.8, 4) is 5.75 Å². The molecule has 1 fully saturated rings. The van der Waals surface area contributed by atoms with Crippen molar-refractivity contribution in [1.82, 2.24) is 20.2 Å². The van der Waals surface area contributed by atoms with E-state index >= 15 is 0 Å². The number of unbranched alkanes of at least 4 members (excludes halogenated alkanes) is 1. The molecule has 9 heteroatoms. The van der Waals surface area contributed by atoms with E-state index in [-0.39, 0.29) is 12.3 Å². The molecule has 4 rings (SSSR count). The summed E-state index contributed by atoms with van der Waals surface area (Å²) in [5.41, 5.74) is 2.89. The number of nitrogens with zero attached hydrogens (tertiary/aromatic N) is 2. The van der Waals surface area contributed by atoms with Gasteiger partial charge >= 0.3 is 0 Å². The third-order valence-corrected chi connectivity index (χ3v) is 7.19. The van der Waals surface area contributed by atoms with E-state index in [0.717, 1.165) is 29.5 Å². The molecule has 3 aromatic rings. The fourth-order valence-corrected chi connectivity index (χ4v) is 4.97. The zero-order valence-corrected chi connectivity index (χ0v) is 22.9. The molecule has 2 amide bonds. The molecule has 9 nitrogen and oxygen atoms in total. The molecule has 1 aliphatic heterocycles.